The Morgan fingerprint density at radius 2 is 2.14 bits per heavy atom. The summed E-state index contributed by atoms with van der Waals surface area (Å²) in [6, 6.07) is 2.94. The number of anilines is 1. The van der Waals surface area contributed by atoms with Crippen LogP contribution in [-0.4, -0.2) is 24.5 Å². The second-order valence-electron chi connectivity index (χ2n) is 4.89. The number of aliphatic imine (C=N–C) groups is 1. The summed E-state index contributed by atoms with van der Waals surface area (Å²) in [6.07, 6.45) is 0. The number of carbonyl (C=O) groups excluding carboxylic acids is 1. The molecule has 0 radical (unpaired) electrons. The van der Waals surface area contributed by atoms with Crippen molar-refractivity contribution in [3.63, 3.8) is 0 Å². The van der Waals surface area contributed by atoms with Crippen LogP contribution in [0.1, 0.15) is 19.4 Å². The number of benzene rings is 1. The summed E-state index contributed by atoms with van der Waals surface area (Å²) in [5, 5.41) is 2.41. The molecule has 1 atom stereocenters. The summed E-state index contributed by atoms with van der Waals surface area (Å²) in [5.74, 6) is -4.73. The summed E-state index contributed by atoms with van der Waals surface area (Å²) in [7, 11) is 0. The van der Waals surface area contributed by atoms with E-state index >= 15 is 0 Å². The number of ether oxygens (including phenoxy) is 1. The largest absolute Gasteiger partial charge is 0.459 e. The van der Waals surface area contributed by atoms with Crippen molar-refractivity contribution in [1.82, 2.24) is 0 Å². The first kappa shape index (κ1) is 15.1. The van der Waals surface area contributed by atoms with Crippen LogP contribution in [0.4, 0.5) is 18.9 Å². The van der Waals surface area contributed by atoms with E-state index in [-0.39, 0.29) is 11.3 Å². The lowest BCUT2D eigenvalue weighted by Gasteiger charge is -2.37. The molecule has 1 heterocycles. The van der Waals surface area contributed by atoms with Crippen LogP contribution in [0.2, 0.25) is 0 Å². The Balaban J connectivity index is 2.57. The molecule has 0 aromatic heterocycles. The predicted molar refractivity (Wildman–Crippen MR) is 70.6 cm³/mol. The molecule has 2 rings (SSSR count). The van der Waals surface area contributed by atoms with Crippen molar-refractivity contribution < 1.29 is 22.7 Å². The van der Waals surface area contributed by atoms with Gasteiger partial charge < -0.3 is 15.8 Å². The zero-order chi connectivity index (χ0) is 15.8. The van der Waals surface area contributed by atoms with Gasteiger partial charge in [-0.2, -0.15) is 8.78 Å². The third-order valence-electron chi connectivity index (χ3n) is 3.26. The van der Waals surface area contributed by atoms with Gasteiger partial charge in [0.05, 0.1) is 0 Å². The van der Waals surface area contributed by atoms with Crippen molar-refractivity contribution in [2.75, 3.05) is 11.9 Å². The minimum absolute atomic E-state index is 0.191. The Labute approximate surface area is 119 Å². The molecule has 8 heteroatoms. The third-order valence-corrected chi connectivity index (χ3v) is 3.26. The molecule has 1 aliphatic rings. The quantitative estimate of drug-likeness (QED) is 0.877. The number of nitrogens with one attached hydrogen (secondary N) is 1. The Morgan fingerprint density at radius 1 is 1.48 bits per heavy atom. The van der Waals surface area contributed by atoms with E-state index in [0.717, 1.165) is 19.1 Å². The molecule has 1 aromatic rings. The number of nitrogens with two attached hydrogens (primary N) is 1. The molecule has 1 aromatic carbocycles. The maximum absolute atomic E-state index is 14.1. The van der Waals surface area contributed by atoms with Gasteiger partial charge in [0.2, 0.25) is 5.91 Å². The molecule has 21 heavy (non-hydrogen) atoms. The van der Waals surface area contributed by atoms with Gasteiger partial charge in [-0.3, -0.25) is 4.79 Å². The number of rotatable bonds is 2. The zero-order valence-electron chi connectivity index (χ0n) is 11.4. The van der Waals surface area contributed by atoms with Crippen LogP contribution in [0.5, 0.6) is 0 Å². The fourth-order valence-electron chi connectivity index (χ4n) is 2.08. The molecule has 0 fully saturated rings. The Bertz CT molecular complexity index is 619. The molecule has 0 spiro atoms. The maximum Gasteiger partial charge on any atom is 0.310 e. The number of hydrogen-bond donors (Lipinski definition) is 2. The molecular formula is C13H14F3N3O2. The lowest BCUT2D eigenvalue weighted by atomic mass is 9.85. The first-order valence-electron chi connectivity index (χ1n) is 6.09. The second-order valence-corrected chi connectivity index (χ2v) is 4.89. The van der Waals surface area contributed by atoms with Gasteiger partial charge >= 0.3 is 5.92 Å². The van der Waals surface area contributed by atoms with E-state index in [9.17, 15) is 18.0 Å². The number of amides is 1. The monoisotopic (exact) mass is 301 g/mol. The normalized spacial score (nSPS) is 24.0. The highest BCUT2D eigenvalue weighted by Gasteiger charge is 2.56. The van der Waals surface area contributed by atoms with Crippen LogP contribution in [-0.2, 0) is 15.1 Å². The minimum atomic E-state index is -3.45. The first-order chi connectivity index (χ1) is 9.65. The van der Waals surface area contributed by atoms with Gasteiger partial charge in [-0.05, 0) is 25.1 Å². The van der Waals surface area contributed by atoms with Gasteiger partial charge in [0.15, 0.2) is 12.1 Å². The predicted octanol–water partition coefficient (Wildman–Crippen LogP) is 1.98. The van der Waals surface area contributed by atoms with Crippen molar-refractivity contribution in [2.24, 2.45) is 10.7 Å². The van der Waals surface area contributed by atoms with Crippen molar-refractivity contribution >= 4 is 17.6 Å². The summed E-state index contributed by atoms with van der Waals surface area (Å²) in [4.78, 5) is 14.6. The lowest BCUT2D eigenvalue weighted by Crippen LogP contribution is -2.51. The standard InChI is InChI=1S/C13H14F3N3O2/c1-7(20)18-8-3-4-10(14)9(5-8)12(2)13(15,16)6-21-11(17)19-12/h3-5H,6H2,1-2H3,(H2,17,19)(H,18,20)/t12-/m1/s1. The van der Waals surface area contributed by atoms with Crippen molar-refractivity contribution in [2.45, 2.75) is 25.3 Å². The summed E-state index contributed by atoms with van der Waals surface area (Å²) < 4.78 is 46.8. The van der Waals surface area contributed by atoms with Crippen LogP contribution in [0.25, 0.3) is 0 Å². The highest BCUT2D eigenvalue weighted by Crippen LogP contribution is 2.44. The van der Waals surface area contributed by atoms with Crippen LogP contribution in [0, 0.1) is 5.82 Å². The lowest BCUT2D eigenvalue weighted by molar-refractivity contribution is -0.117. The summed E-state index contributed by atoms with van der Waals surface area (Å²) >= 11 is 0. The van der Waals surface area contributed by atoms with Gasteiger partial charge in [-0.25, -0.2) is 9.38 Å². The Hall–Kier alpha value is -2.25. The summed E-state index contributed by atoms with van der Waals surface area (Å²) in [5.41, 5.74) is 2.95. The Morgan fingerprint density at radius 3 is 2.76 bits per heavy atom. The number of alkyl halides is 2. The molecule has 5 nitrogen and oxygen atoms in total. The van der Waals surface area contributed by atoms with Crippen molar-refractivity contribution in [1.29, 1.82) is 0 Å². The molecular weight excluding hydrogens is 287 g/mol. The highest BCUT2D eigenvalue weighted by molar-refractivity contribution is 5.88. The molecule has 114 valence electrons. The minimum Gasteiger partial charge on any atom is -0.459 e. The van der Waals surface area contributed by atoms with E-state index in [2.05, 4.69) is 15.0 Å². The van der Waals surface area contributed by atoms with Crippen molar-refractivity contribution in [3.8, 4) is 0 Å². The van der Waals surface area contributed by atoms with E-state index in [0.29, 0.717) is 0 Å². The van der Waals surface area contributed by atoms with E-state index in [1.807, 2.05) is 0 Å². The SMILES string of the molecule is CC(=O)Nc1ccc(F)c([C@@]2(C)N=C(N)OCC2(F)F)c1. The molecule has 1 aliphatic heterocycles. The number of nitrogens with zero attached hydrogens (tertiary/aromatic N) is 1. The van der Waals surface area contributed by atoms with Gasteiger partial charge in [0, 0.05) is 18.2 Å². The molecule has 0 saturated carbocycles. The molecule has 3 N–H and O–H groups in total. The molecule has 0 aliphatic carbocycles. The third kappa shape index (κ3) is 2.65. The van der Waals surface area contributed by atoms with Crippen LogP contribution >= 0.6 is 0 Å². The number of amidine groups is 1. The number of halogens is 3. The van der Waals surface area contributed by atoms with E-state index in [1.54, 1.807) is 0 Å². The first-order valence-corrected chi connectivity index (χ1v) is 6.09. The topological polar surface area (TPSA) is 76.7 Å². The van der Waals surface area contributed by atoms with Crippen LogP contribution in [0.3, 0.4) is 0 Å². The smallest absolute Gasteiger partial charge is 0.310 e. The van der Waals surface area contributed by atoms with Crippen LogP contribution < -0.4 is 11.1 Å². The van der Waals surface area contributed by atoms with E-state index in [1.165, 1.54) is 13.0 Å². The highest BCUT2D eigenvalue weighted by atomic mass is 19.3. The van der Waals surface area contributed by atoms with Gasteiger partial charge in [0.1, 0.15) is 5.82 Å². The molecule has 1 amide bonds. The van der Waals surface area contributed by atoms with Crippen molar-refractivity contribution in [3.05, 3.63) is 29.6 Å². The fraction of sp³-hybridized carbons (Fsp3) is 0.385. The fourth-order valence-corrected chi connectivity index (χ4v) is 2.08. The molecule has 0 bridgehead atoms. The molecule has 0 saturated heterocycles. The van der Waals surface area contributed by atoms with Gasteiger partial charge in [-0.1, -0.05) is 0 Å². The van der Waals surface area contributed by atoms with E-state index < -0.39 is 35.8 Å². The van der Waals surface area contributed by atoms with Gasteiger partial charge in [0.25, 0.3) is 6.02 Å². The number of hydrogen-bond acceptors (Lipinski definition) is 4. The second kappa shape index (κ2) is 4.94. The van der Waals surface area contributed by atoms with E-state index in [4.69, 9.17) is 5.73 Å². The molecule has 0 unspecified atom stereocenters. The maximum atomic E-state index is 14.1. The summed E-state index contributed by atoms with van der Waals surface area (Å²) in [6.45, 7) is 1.32. The zero-order valence-corrected chi connectivity index (χ0v) is 11.4. The van der Waals surface area contributed by atoms with Crippen LogP contribution in [0.15, 0.2) is 23.2 Å². The average molecular weight is 301 g/mol. The average Bonchev–Trinajstić information content (AvgIpc) is 2.36. The van der Waals surface area contributed by atoms with Gasteiger partial charge in [-0.15, -0.1) is 0 Å². The Kier molecular flexibility index (Phi) is 3.56. The number of carbonyl (C=O) groups is 1.